The predicted octanol–water partition coefficient (Wildman–Crippen LogP) is 3.24. The van der Waals surface area contributed by atoms with E-state index in [4.69, 9.17) is 14.2 Å². The van der Waals surface area contributed by atoms with Gasteiger partial charge in [-0.3, -0.25) is 9.97 Å². The first kappa shape index (κ1) is 24.5. The molecule has 0 spiro atoms. The van der Waals surface area contributed by atoms with E-state index in [-0.39, 0.29) is 41.4 Å². The topological polar surface area (TPSA) is 92.3 Å². The molecule has 7 nitrogen and oxygen atoms in total. The van der Waals surface area contributed by atoms with Crippen molar-refractivity contribution in [2.45, 2.75) is 56.4 Å². The van der Waals surface area contributed by atoms with Gasteiger partial charge < -0.3 is 18.8 Å². The van der Waals surface area contributed by atoms with Gasteiger partial charge in [0.1, 0.15) is 18.5 Å². The van der Waals surface area contributed by atoms with Crippen LogP contribution in [0.3, 0.4) is 0 Å². The molecular weight excluding hydrogens is 425 g/mol. The zero-order chi connectivity index (χ0) is 21.1. The van der Waals surface area contributed by atoms with E-state index in [1.165, 1.54) is 0 Å². The van der Waals surface area contributed by atoms with Gasteiger partial charge >= 0.3 is 34.7 Å². The number of nitrogens with one attached hydrogen (secondary N) is 1. The Kier molecular flexibility index (Phi) is 8.43. The van der Waals surface area contributed by atoms with Crippen LogP contribution in [0.5, 0.6) is 5.75 Å². The van der Waals surface area contributed by atoms with Crippen molar-refractivity contribution in [2.75, 3.05) is 13.2 Å². The van der Waals surface area contributed by atoms with Crippen molar-refractivity contribution in [3.63, 3.8) is 0 Å². The number of para-hydroxylation sites is 2. The van der Waals surface area contributed by atoms with E-state index in [9.17, 15) is 4.55 Å². The summed E-state index contributed by atoms with van der Waals surface area (Å²) in [6.45, 7) is 6.98. The van der Waals surface area contributed by atoms with Gasteiger partial charge in [-0.05, 0) is 38.0 Å². The number of H-pyrrole nitrogens is 1. The molecule has 3 heterocycles. The first-order valence-electron chi connectivity index (χ1n) is 10.3. The number of hydrogen-bond acceptors (Lipinski definition) is 6. The minimum atomic E-state index is -1.33. The summed E-state index contributed by atoms with van der Waals surface area (Å²) in [7, 11) is 0. The van der Waals surface area contributed by atoms with Crippen molar-refractivity contribution >= 4 is 51.8 Å². The van der Waals surface area contributed by atoms with Gasteiger partial charge in [0.05, 0.1) is 23.3 Å². The zero-order valence-electron chi connectivity index (χ0n) is 17.5. The molecular formula is C22H28N3NaO4S. The van der Waals surface area contributed by atoms with E-state index in [2.05, 4.69) is 28.8 Å². The van der Waals surface area contributed by atoms with Crippen LogP contribution in [0.4, 0.5) is 0 Å². The van der Waals surface area contributed by atoms with Crippen molar-refractivity contribution in [2.24, 2.45) is 0 Å². The van der Waals surface area contributed by atoms with Crippen molar-refractivity contribution in [3.05, 3.63) is 47.8 Å². The summed E-state index contributed by atoms with van der Waals surface area (Å²) in [5.74, 6) is 0.493. The summed E-state index contributed by atoms with van der Waals surface area (Å²) in [6.07, 6.45) is 3.20. The molecule has 162 valence electrons. The third kappa shape index (κ3) is 5.45. The molecule has 0 amide bonds. The normalized spacial score (nSPS) is 18.6. The molecule has 4 rings (SSSR count). The molecule has 9 heteroatoms. The van der Waals surface area contributed by atoms with Gasteiger partial charge in [0.2, 0.25) is 0 Å². The second-order valence-corrected chi connectivity index (χ2v) is 8.78. The van der Waals surface area contributed by atoms with Gasteiger partial charge in [0.25, 0.3) is 0 Å². The van der Waals surface area contributed by atoms with Gasteiger partial charge in [-0.1, -0.05) is 26.0 Å². The summed E-state index contributed by atoms with van der Waals surface area (Å²) in [5, 5.41) is 0.454. The fraction of sp³-hybridized carbons (Fsp3) is 0.455. The number of fused-ring (bicyclic) bond motifs is 1. The van der Waals surface area contributed by atoms with Crippen LogP contribution >= 0.6 is 0 Å². The standard InChI is InChI=1S/C22H27N3O4S.Na.H/c1-4-22(5-2)28-13-16(29-22)12-27-20-10-11-23-19(15(20)3)14-30(26)21-24-17-8-6-7-9-18(17)25-21;;/h6-11,16H,4-5,12-14H2,1-3H3,(H,24,25);;. The summed E-state index contributed by atoms with van der Waals surface area (Å²) >= 11 is -1.33. The number of nitrogens with zero attached hydrogens (tertiary/aromatic N) is 2. The molecule has 1 saturated heterocycles. The Morgan fingerprint density at radius 1 is 1.26 bits per heavy atom. The van der Waals surface area contributed by atoms with E-state index in [0.717, 1.165) is 40.9 Å². The maximum absolute atomic E-state index is 12.9. The molecule has 3 aromatic rings. The fourth-order valence-corrected chi connectivity index (χ4v) is 4.69. The number of aromatic amines is 1. The van der Waals surface area contributed by atoms with Crippen molar-refractivity contribution in [1.29, 1.82) is 0 Å². The first-order valence-corrected chi connectivity index (χ1v) is 11.6. The molecule has 0 saturated carbocycles. The van der Waals surface area contributed by atoms with Gasteiger partial charge in [0, 0.05) is 22.9 Å². The Labute approximate surface area is 207 Å². The predicted molar refractivity (Wildman–Crippen MR) is 122 cm³/mol. The summed E-state index contributed by atoms with van der Waals surface area (Å²) in [6, 6.07) is 9.47. The van der Waals surface area contributed by atoms with E-state index in [0.29, 0.717) is 18.4 Å². The van der Waals surface area contributed by atoms with Crippen LogP contribution in [0.1, 0.15) is 37.9 Å². The third-order valence-electron chi connectivity index (χ3n) is 5.53. The molecule has 31 heavy (non-hydrogen) atoms. The summed E-state index contributed by atoms with van der Waals surface area (Å²) in [5.41, 5.74) is 3.28. The Morgan fingerprint density at radius 2 is 2.03 bits per heavy atom. The van der Waals surface area contributed by atoms with E-state index in [1.807, 2.05) is 37.3 Å². The maximum atomic E-state index is 12.9. The Balaban J connectivity index is 0.00000272. The Bertz CT molecular complexity index is 978. The summed E-state index contributed by atoms with van der Waals surface area (Å²) < 4.78 is 30.8. The van der Waals surface area contributed by atoms with E-state index < -0.39 is 17.0 Å². The van der Waals surface area contributed by atoms with Gasteiger partial charge in [0.15, 0.2) is 11.5 Å². The summed E-state index contributed by atoms with van der Waals surface area (Å²) in [4.78, 5) is 12.0. The second kappa shape index (κ2) is 10.7. The van der Waals surface area contributed by atoms with Crippen molar-refractivity contribution < 1.29 is 18.8 Å². The molecule has 2 atom stereocenters. The molecule has 1 aliphatic rings. The van der Waals surface area contributed by atoms with Crippen LogP contribution in [-0.4, -0.2) is 74.2 Å². The number of ether oxygens (including phenoxy) is 3. The van der Waals surface area contributed by atoms with Crippen LogP contribution < -0.4 is 4.74 Å². The van der Waals surface area contributed by atoms with E-state index >= 15 is 0 Å². The molecule has 1 aliphatic heterocycles. The number of aromatic nitrogens is 3. The molecule has 0 aliphatic carbocycles. The molecule has 1 fully saturated rings. The fourth-order valence-electron chi connectivity index (χ4n) is 3.59. The van der Waals surface area contributed by atoms with Crippen LogP contribution in [-0.2, 0) is 26.4 Å². The molecule has 1 aromatic carbocycles. The quantitative estimate of drug-likeness (QED) is 0.416. The number of benzene rings is 1. The van der Waals surface area contributed by atoms with Crippen LogP contribution in [0.25, 0.3) is 11.0 Å². The molecule has 0 radical (unpaired) electrons. The molecule has 2 unspecified atom stereocenters. The minimum absolute atomic E-state index is 0. The number of imidazole rings is 1. The molecule has 1 N–H and O–H groups in total. The van der Waals surface area contributed by atoms with Crippen LogP contribution in [0, 0.1) is 6.92 Å². The van der Waals surface area contributed by atoms with Gasteiger partial charge in [-0.15, -0.1) is 0 Å². The average Bonchev–Trinajstić information content (AvgIpc) is 3.39. The van der Waals surface area contributed by atoms with Crippen LogP contribution in [0.2, 0.25) is 0 Å². The number of rotatable bonds is 8. The van der Waals surface area contributed by atoms with Crippen molar-refractivity contribution in [1.82, 2.24) is 15.0 Å². The van der Waals surface area contributed by atoms with Crippen LogP contribution in [0.15, 0.2) is 41.7 Å². The van der Waals surface area contributed by atoms with E-state index in [1.54, 1.807) is 6.20 Å². The van der Waals surface area contributed by atoms with Gasteiger partial charge in [-0.2, -0.15) is 4.98 Å². The SMILES string of the molecule is CCC1(CC)OCC(COc2ccnc(C[S+]([O-])c3nc4ccccc4[nH]3)c2C)O1.[NaH]. The molecule has 2 aromatic heterocycles. The van der Waals surface area contributed by atoms with Gasteiger partial charge in [-0.25, -0.2) is 0 Å². The van der Waals surface area contributed by atoms with Crippen molar-refractivity contribution in [3.8, 4) is 5.75 Å². The first-order chi connectivity index (χ1) is 14.5. The number of hydrogen-bond donors (Lipinski definition) is 1. The average molecular weight is 454 g/mol. The number of pyridine rings is 1. The Hall–Kier alpha value is -1.13. The monoisotopic (exact) mass is 453 g/mol. The third-order valence-corrected chi connectivity index (χ3v) is 6.69. The molecule has 0 bridgehead atoms. The zero-order valence-corrected chi connectivity index (χ0v) is 18.3. The Morgan fingerprint density at radius 3 is 2.74 bits per heavy atom. The second-order valence-electron chi connectivity index (χ2n) is 7.41.